The second-order valence-electron chi connectivity index (χ2n) is 5.70. The van der Waals surface area contributed by atoms with Crippen molar-refractivity contribution in [1.29, 1.82) is 0 Å². The monoisotopic (exact) mass is 300 g/mol. The number of methoxy groups -OCH3 is 1. The van der Waals surface area contributed by atoms with Crippen LogP contribution in [0.2, 0.25) is 0 Å². The van der Waals surface area contributed by atoms with Gasteiger partial charge in [-0.1, -0.05) is 24.3 Å². The van der Waals surface area contributed by atoms with E-state index < -0.39 is 6.04 Å². The maximum absolute atomic E-state index is 12.3. The molecule has 22 heavy (non-hydrogen) atoms. The van der Waals surface area contributed by atoms with Gasteiger partial charge in [0.25, 0.3) is 0 Å². The Bertz CT molecular complexity index is 590. The number of benzene rings is 1. The van der Waals surface area contributed by atoms with E-state index in [2.05, 4.69) is 5.32 Å². The van der Waals surface area contributed by atoms with Crippen LogP contribution in [0.4, 0.5) is 0 Å². The van der Waals surface area contributed by atoms with E-state index in [9.17, 15) is 9.59 Å². The van der Waals surface area contributed by atoms with Gasteiger partial charge in [0.05, 0.1) is 7.11 Å². The summed E-state index contributed by atoms with van der Waals surface area (Å²) in [5.74, 6) is 0.903. The fourth-order valence-electron chi connectivity index (χ4n) is 2.58. The molecule has 0 radical (unpaired) electrons. The SMILES string of the molecule is COc1ccc(CNC(=O)[C@H]2C=CCN2C(=O)C2CC2)cc1. The van der Waals surface area contributed by atoms with Gasteiger partial charge in [0, 0.05) is 19.0 Å². The van der Waals surface area contributed by atoms with Crippen LogP contribution in [0.3, 0.4) is 0 Å². The van der Waals surface area contributed by atoms with Gasteiger partial charge < -0.3 is 15.0 Å². The highest BCUT2D eigenvalue weighted by atomic mass is 16.5. The summed E-state index contributed by atoms with van der Waals surface area (Å²) in [5.41, 5.74) is 0.996. The first-order valence-corrected chi connectivity index (χ1v) is 7.57. The summed E-state index contributed by atoms with van der Waals surface area (Å²) in [5, 5.41) is 2.90. The molecular weight excluding hydrogens is 280 g/mol. The highest BCUT2D eigenvalue weighted by Crippen LogP contribution is 2.32. The van der Waals surface area contributed by atoms with Gasteiger partial charge in [-0.05, 0) is 30.5 Å². The number of ether oxygens (including phenoxy) is 1. The van der Waals surface area contributed by atoms with Gasteiger partial charge in [0.2, 0.25) is 11.8 Å². The van der Waals surface area contributed by atoms with E-state index in [1.807, 2.05) is 36.4 Å². The average Bonchev–Trinajstić information content (AvgIpc) is 3.29. The maximum atomic E-state index is 12.3. The Morgan fingerprint density at radius 3 is 2.64 bits per heavy atom. The summed E-state index contributed by atoms with van der Waals surface area (Å²) in [6.07, 6.45) is 5.60. The molecule has 1 N–H and O–H groups in total. The molecule has 116 valence electrons. The highest BCUT2D eigenvalue weighted by molar-refractivity contribution is 5.91. The van der Waals surface area contributed by atoms with E-state index in [1.54, 1.807) is 12.0 Å². The van der Waals surface area contributed by atoms with Crippen LogP contribution in [0.25, 0.3) is 0 Å². The van der Waals surface area contributed by atoms with Crippen molar-refractivity contribution in [3.05, 3.63) is 42.0 Å². The van der Waals surface area contributed by atoms with Crippen LogP contribution in [0.15, 0.2) is 36.4 Å². The van der Waals surface area contributed by atoms with Gasteiger partial charge in [0.15, 0.2) is 0 Å². The standard InChI is InChI=1S/C17H20N2O3/c1-22-14-8-4-12(5-9-14)11-18-16(20)15-3-2-10-19(15)17(21)13-6-7-13/h2-5,8-9,13,15H,6-7,10-11H2,1H3,(H,18,20)/t15-/m1/s1. The molecule has 3 rings (SSSR count). The lowest BCUT2D eigenvalue weighted by Crippen LogP contribution is -2.46. The van der Waals surface area contributed by atoms with Crippen molar-refractivity contribution >= 4 is 11.8 Å². The zero-order valence-electron chi connectivity index (χ0n) is 12.6. The first kappa shape index (κ1) is 14.6. The highest BCUT2D eigenvalue weighted by Gasteiger charge is 2.38. The molecule has 0 bridgehead atoms. The number of hydrogen-bond acceptors (Lipinski definition) is 3. The van der Waals surface area contributed by atoms with Crippen LogP contribution in [-0.2, 0) is 16.1 Å². The Morgan fingerprint density at radius 2 is 2.00 bits per heavy atom. The van der Waals surface area contributed by atoms with Gasteiger partial charge in [0.1, 0.15) is 11.8 Å². The van der Waals surface area contributed by atoms with Gasteiger partial charge in [-0.3, -0.25) is 9.59 Å². The lowest BCUT2D eigenvalue weighted by Gasteiger charge is -2.23. The first-order valence-electron chi connectivity index (χ1n) is 7.57. The molecule has 1 fully saturated rings. The molecule has 1 saturated carbocycles. The Hall–Kier alpha value is -2.30. The predicted octanol–water partition coefficient (Wildman–Crippen LogP) is 1.49. The summed E-state index contributed by atoms with van der Waals surface area (Å²) in [6.45, 7) is 0.981. The molecule has 0 saturated heterocycles. The minimum atomic E-state index is -0.466. The van der Waals surface area contributed by atoms with Crippen molar-refractivity contribution in [2.45, 2.75) is 25.4 Å². The fraction of sp³-hybridized carbons (Fsp3) is 0.412. The molecule has 1 aliphatic heterocycles. The van der Waals surface area contributed by atoms with Crippen LogP contribution >= 0.6 is 0 Å². The third-order valence-electron chi connectivity index (χ3n) is 4.06. The minimum absolute atomic E-state index is 0.106. The largest absolute Gasteiger partial charge is 0.497 e. The van der Waals surface area contributed by atoms with Crippen LogP contribution in [0.1, 0.15) is 18.4 Å². The molecule has 1 aromatic rings. The second-order valence-corrected chi connectivity index (χ2v) is 5.70. The van der Waals surface area contributed by atoms with Gasteiger partial charge in [-0.15, -0.1) is 0 Å². The van der Waals surface area contributed by atoms with E-state index in [0.29, 0.717) is 13.1 Å². The summed E-state index contributed by atoms with van der Waals surface area (Å²) in [4.78, 5) is 26.1. The zero-order valence-corrected chi connectivity index (χ0v) is 12.6. The molecule has 2 amide bonds. The molecular formula is C17H20N2O3. The van der Waals surface area contributed by atoms with Crippen LogP contribution in [0, 0.1) is 5.92 Å². The molecule has 0 spiro atoms. The van der Waals surface area contributed by atoms with Gasteiger partial charge in [-0.2, -0.15) is 0 Å². The van der Waals surface area contributed by atoms with Crippen LogP contribution < -0.4 is 10.1 Å². The number of carbonyl (C=O) groups excluding carboxylic acids is 2. The van der Waals surface area contributed by atoms with Crippen molar-refractivity contribution in [3.8, 4) is 5.75 Å². The van der Waals surface area contributed by atoms with Gasteiger partial charge >= 0.3 is 0 Å². The molecule has 2 aliphatic rings. The predicted molar refractivity (Wildman–Crippen MR) is 82.2 cm³/mol. The van der Waals surface area contributed by atoms with Crippen molar-refractivity contribution < 1.29 is 14.3 Å². The van der Waals surface area contributed by atoms with Crippen LogP contribution in [-0.4, -0.2) is 36.4 Å². The number of nitrogens with one attached hydrogen (secondary N) is 1. The van der Waals surface area contributed by atoms with E-state index in [4.69, 9.17) is 4.74 Å². The fourth-order valence-corrected chi connectivity index (χ4v) is 2.58. The number of rotatable bonds is 5. The van der Waals surface area contributed by atoms with Crippen molar-refractivity contribution in [2.75, 3.05) is 13.7 Å². The Balaban J connectivity index is 1.56. The molecule has 1 atom stereocenters. The third kappa shape index (κ3) is 3.13. The molecule has 5 nitrogen and oxygen atoms in total. The Morgan fingerprint density at radius 1 is 1.27 bits per heavy atom. The number of carbonyl (C=O) groups is 2. The van der Waals surface area contributed by atoms with E-state index in [0.717, 1.165) is 24.2 Å². The molecule has 1 heterocycles. The number of hydrogen-bond donors (Lipinski definition) is 1. The average molecular weight is 300 g/mol. The Labute approximate surface area is 129 Å². The molecule has 0 unspecified atom stereocenters. The summed E-state index contributed by atoms with van der Waals surface area (Å²) in [6, 6.07) is 7.08. The summed E-state index contributed by atoms with van der Waals surface area (Å²) in [7, 11) is 1.62. The Kier molecular flexibility index (Phi) is 4.13. The van der Waals surface area contributed by atoms with Crippen LogP contribution in [0.5, 0.6) is 5.75 Å². The number of nitrogens with zero attached hydrogens (tertiary/aromatic N) is 1. The summed E-state index contributed by atoms with van der Waals surface area (Å²) >= 11 is 0. The van der Waals surface area contributed by atoms with E-state index >= 15 is 0 Å². The topological polar surface area (TPSA) is 58.6 Å². The van der Waals surface area contributed by atoms with Crippen molar-refractivity contribution in [3.63, 3.8) is 0 Å². The summed E-state index contributed by atoms with van der Waals surface area (Å²) < 4.78 is 5.10. The van der Waals surface area contributed by atoms with E-state index in [1.165, 1.54) is 0 Å². The molecule has 1 aromatic carbocycles. The normalized spacial score (nSPS) is 20.0. The lowest BCUT2D eigenvalue weighted by atomic mass is 10.2. The second kappa shape index (κ2) is 6.22. The lowest BCUT2D eigenvalue weighted by molar-refractivity contribution is -0.138. The minimum Gasteiger partial charge on any atom is -0.497 e. The van der Waals surface area contributed by atoms with E-state index in [-0.39, 0.29) is 17.7 Å². The molecule has 1 aliphatic carbocycles. The maximum Gasteiger partial charge on any atom is 0.247 e. The quantitative estimate of drug-likeness (QED) is 0.838. The van der Waals surface area contributed by atoms with Crippen molar-refractivity contribution in [1.82, 2.24) is 10.2 Å². The first-order chi connectivity index (χ1) is 10.7. The van der Waals surface area contributed by atoms with Gasteiger partial charge in [-0.25, -0.2) is 0 Å². The van der Waals surface area contributed by atoms with Crippen molar-refractivity contribution in [2.24, 2.45) is 5.92 Å². The zero-order chi connectivity index (χ0) is 15.5. The smallest absolute Gasteiger partial charge is 0.247 e. The molecule has 0 aromatic heterocycles. The number of amides is 2. The molecule has 5 heteroatoms. The third-order valence-corrected chi connectivity index (χ3v) is 4.06.